The Morgan fingerprint density at radius 2 is 1.79 bits per heavy atom. The number of para-hydroxylation sites is 1. The van der Waals surface area contributed by atoms with Crippen LogP contribution < -0.4 is 10.2 Å². The number of sulfonamides is 1. The van der Waals surface area contributed by atoms with E-state index in [0.29, 0.717) is 31.4 Å². The summed E-state index contributed by atoms with van der Waals surface area (Å²) >= 11 is 0. The second-order valence-electron chi connectivity index (χ2n) is 8.67. The highest BCUT2D eigenvalue weighted by atomic mass is 32.2. The Kier molecular flexibility index (Phi) is 7.19. The normalized spacial score (nSPS) is 15.4. The SMILES string of the molecule is CCN(CC)c1ccc(NC(=O)C2CCN(S(=O)(=O)c3cccc4cccnc34)CC2)c(C)c1. The highest BCUT2D eigenvalue weighted by Crippen LogP contribution is 2.29. The summed E-state index contributed by atoms with van der Waals surface area (Å²) in [6, 6.07) is 14.9. The van der Waals surface area contributed by atoms with E-state index in [1.807, 2.05) is 31.2 Å². The maximum Gasteiger partial charge on any atom is 0.245 e. The minimum Gasteiger partial charge on any atom is -0.372 e. The number of nitrogens with one attached hydrogen (secondary N) is 1. The van der Waals surface area contributed by atoms with Crippen molar-refractivity contribution in [3.63, 3.8) is 0 Å². The predicted molar refractivity (Wildman–Crippen MR) is 137 cm³/mol. The minimum atomic E-state index is -3.69. The third kappa shape index (κ3) is 4.79. The molecule has 1 amide bonds. The fourth-order valence-electron chi connectivity index (χ4n) is 4.59. The molecule has 4 rings (SSSR count). The summed E-state index contributed by atoms with van der Waals surface area (Å²) in [4.78, 5) is 19.7. The smallest absolute Gasteiger partial charge is 0.245 e. The van der Waals surface area contributed by atoms with E-state index in [1.165, 1.54) is 4.31 Å². The Hall–Kier alpha value is -2.97. The first-order chi connectivity index (χ1) is 16.3. The highest BCUT2D eigenvalue weighted by Gasteiger charge is 2.33. The zero-order chi connectivity index (χ0) is 24.3. The molecule has 2 aromatic carbocycles. The van der Waals surface area contributed by atoms with E-state index in [-0.39, 0.29) is 16.7 Å². The molecule has 0 unspecified atom stereocenters. The second-order valence-corrected chi connectivity index (χ2v) is 10.6. The summed E-state index contributed by atoms with van der Waals surface area (Å²) in [5, 5.41) is 3.85. The lowest BCUT2D eigenvalue weighted by molar-refractivity contribution is -0.120. The van der Waals surface area contributed by atoms with E-state index < -0.39 is 10.0 Å². The van der Waals surface area contributed by atoms with Crippen LogP contribution in [-0.4, -0.2) is 49.8 Å². The number of fused-ring (bicyclic) bond motifs is 1. The summed E-state index contributed by atoms with van der Waals surface area (Å²) in [6.45, 7) is 8.72. The molecule has 1 aliphatic heterocycles. The third-order valence-corrected chi connectivity index (χ3v) is 8.56. The molecular formula is C26H32N4O3S. The summed E-state index contributed by atoms with van der Waals surface area (Å²) < 4.78 is 28.1. The molecule has 1 saturated heterocycles. The number of amides is 1. The Bertz CT molecular complexity index is 1270. The predicted octanol–water partition coefficient (Wildman–Crippen LogP) is 4.43. The van der Waals surface area contributed by atoms with Crippen LogP contribution >= 0.6 is 0 Å². The van der Waals surface area contributed by atoms with Gasteiger partial charge >= 0.3 is 0 Å². The van der Waals surface area contributed by atoms with Crippen LogP contribution in [0.1, 0.15) is 32.3 Å². The number of anilines is 2. The number of piperidine rings is 1. The van der Waals surface area contributed by atoms with Gasteiger partial charge in [-0.05, 0) is 69.5 Å². The van der Waals surface area contributed by atoms with E-state index >= 15 is 0 Å². The van der Waals surface area contributed by atoms with E-state index in [1.54, 1.807) is 24.4 Å². The van der Waals surface area contributed by atoms with Gasteiger partial charge in [0.15, 0.2) is 0 Å². The second kappa shape index (κ2) is 10.1. The fraction of sp³-hybridized carbons (Fsp3) is 0.385. The van der Waals surface area contributed by atoms with E-state index in [2.05, 4.69) is 35.1 Å². The van der Waals surface area contributed by atoms with Crippen LogP contribution in [0, 0.1) is 12.8 Å². The Labute approximate surface area is 201 Å². The lowest BCUT2D eigenvalue weighted by Gasteiger charge is -2.31. The molecule has 1 fully saturated rings. The van der Waals surface area contributed by atoms with Gasteiger partial charge in [-0.25, -0.2) is 8.42 Å². The van der Waals surface area contributed by atoms with Crippen molar-refractivity contribution in [2.45, 2.75) is 38.5 Å². The van der Waals surface area contributed by atoms with Crippen molar-refractivity contribution in [1.82, 2.24) is 9.29 Å². The van der Waals surface area contributed by atoms with Crippen LogP contribution in [0.2, 0.25) is 0 Å². The van der Waals surface area contributed by atoms with E-state index in [4.69, 9.17) is 0 Å². The molecule has 0 atom stereocenters. The zero-order valence-electron chi connectivity index (χ0n) is 20.0. The molecule has 7 nitrogen and oxygen atoms in total. The molecule has 0 aliphatic carbocycles. The number of aryl methyl sites for hydroxylation is 1. The maximum atomic E-state index is 13.3. The number of pyridine rings is 1. The lowest BCUT2D eigenvalue weighted by atomic mass is 9.97. The number of carbonyl (C=O) groups is 1. The van der Waals surface area contributed by atoms with Gasteiger partial charge in [-0.3, -0.25) is 9.78 Å². The van der Waals surface area contributed by atoms with Crippen LogP contribution in [-0.2, 0) is 14.8 Å². The number of nitrogens with zero attached hydrogens (tertiary/aromatic N) is 3. The van der Waals surface area contributed by atoms with Gasteiger partial charge in [0.05, 0.1) is 5.52 Å². The van der Waals surface area contributed by atoms with Crippen LogP contribution in [0.4, 0.5) is 11.4 Å². The molecule has 0 saturated carbocycles. The highest BCUT2D eigenvalue weighted by molar-refractivity contribution is 7.89. The van der Waals surface area contributed by atoms with Crippen molar-refractivity contribution >= 4 is 38.2 Å². The van der Waals surface area contributed by atoms with Crippen LogP contribution in [0.15, 0.2) is 59.6 Å². The molecule has 0 bridgehead atoms. The van der Waals surface area contributed by atoms with Crippen LogP contribution in [0.5, 0.6) is 0 Å². The lowest BCUT2D eigenvalue weighted by Crippen LogP contribution is -2.41. The zero-order valence-corrected chi connectivity index (χ0v) is 20.8. The third-order valence-electron chi connectivity index (χ3n) is 6.63. The first-order valence-corrected chi connectivity index (χ1v) is 13.3. The molecule has 2 heterocycles. The molecule has 1 aromatic heterocycles. The minimum absolute atomic E-state index is 0.0532. The number of aromatic nitrogens is 1. The fourth-order valence-corrected chi connectivity index (χ4v) is 6.23. The first-order valence-electron chi connectivity index (χ1n) is 11.9. The molecule has 3 aromatic rings. The average molecular weight is 481 g/mol. The van der Waals surface area contributed by atoms with Gasteiger partial charge in [0.2, 0.25) is 15.9 Å². The molecule has 0 radical (unpaired) electrons. The van der Waals surface area contributed by atoms with Crippen molar-refractivity contribution in [1.29, 1.82) is 0 Å². The standard InChI is InChI=1S/C26H32N4O3S/c1-4-29(5-2)22-11-12-23(19(3)18-22)28-26(31)21-13-16-30(17-14-21)34(32,33)24-10-6-8-20-9-7-15-27-25(20)24/h6-12,15,18,21H,4-5,13-14,16-17H2,1-3H3,(H,28,31). The van der Waals surface area contributed by atoms with E-state index in [0.717, 1.165) is 35.4 Å². The molecule has 180 valence electrons. The monoisotopic (exact) mass is 480 g/mol. The molecule has 34 heavy (non-hydrogen) atoms. The van der Waals surface area contributed by atoms with Crippen molar-refractivity contribution in [3.8, 4) is 0 Å². The number of hydrogen-bond acceptors (Lipinski definition) is 5. The average Bonchev–Trinajstić information content (AvgIpc) is 2.86. The molecule has 0 spiro atoms. The largest absolute Gasteiger partial charge is 0.372 e. The Morgan fingerprint density at radius 3 is 2.47 bits per heavy atom. The number of carbonyl (C=O) groups excluding carboxylic acids is 1. The topological polar surface area (TPSA) is 82.6 Å². The van der Waals surface area contributed by atoms with Crippen LogP contribution in [0.25, 0.3) is 10.9 Å². The van der Waals surface area contributed by atoms with Gasteiger partial charge in [0.1, 0.15) is 4.90 Å². The van der Waals surface area contributed by atoms with Gasteiger partial charge in [-0.1, -0.05) is 18.2 Å². The molecule has 8 heteroatoms. The van der Waals surface area contributed by atoms with Gasteiger partial charge in [-0.2, -0.15) is 4.31 Å². The first kappa shape index (κ1) is 24.2. The van der Waals surface area contributed by atoms with Gasteiger partial charge in [0, 0.05) is 55.1 Å². The molecule has 1 N–H and O–H groups in total. The van der Waals surface area contributed by atoms with Crippen molar-refractivity contribution in [2.75, 3.05) is 36.4 Å². The summed E-state index contributed by atoms with van der Waals surface area (Å²) in [6.07, 6.45) is 2.58. The van der Waals surface area contributed by atoms with E-state index in [9.17, 15) is 13.2 Å². The molecule has 1 aliphatic rings. The quantitative estimate of drug-likeness (QED) is 0.541. The summed E-state index contributed by atoms with van der Waals surface area (Å²) in [5.41, 5.74) is 3.44. The number of hydrogen-bond donors (Lipinski definition) is 1. The number of benzene rings is 2. The maximum absolute atomic E-state index is 13.3. The van der Waals surface area contributed by atoms with Gasteiger partial charge in [0.25, 0.3) is 0 Å². The van der Waals surface area contributed by atoms with Crippen molar-refractivity contribution in [3.05, 3.63) is 60.3 Å². The van der Waals surface area contributed by atoms with Crippen molar-refractivity contribution < 1.29 is 13.2 Å². The van der Waals surface area contributed by atoms with Crippen molar-refractivity contribution in [2.24, 2.45) is 5.92 Å². The van der Waals surface area contributed by atoms with Crippen LogP contribution in [0.3, 0.4) is 0 Å². The van der Waals surface area contributed by atoms with Gasteiger partial charge in [-0.15, -0.1) is 0 Å². The Morgan fingerprint density at radius 1 is 1.09 bits per heavy atom. The Balaban J connectivity index is 1.42. The number of rotatable bonds is 7. The van der Waals surface area contributed by atoms with Gasteiger partial charge < -0.3 is 10.2 Å². The summed E-state index contributed by atoms with van der Waals surface area (Å²) in [5.74, 6) is -0.276. The summed E-state index contributed by atoms with van der Waals surface area (Å²) in [7, 11) is -3.69. The molecular weight excluding hydrogens is 448 g/mol.